The van der Waals surface area contributed by atoms with Gasteiger partial charge in [-0.25, -0.2) is 4.98 Å². The highest BCUT2D eigenvalue weighted by molar-refractivity contribution is 7.80. The van der Waals surface area contributed by atoms with Crippen LogP contribution in [-0.2, 0) is 6.42 Å². The molecule has 3 heteroatoms. The largest absolute Gasteiger partial charge is 0.384 e. The Morgan fingerprint density at radius 3 is 2.21 bits per heavy atom. The van der Waals surface area contributed by atoms with Crippen LogP contribution < -0.4 is 5.73 Å². The molecule has 0 amide bonds. The molecule has 4 rings (SSSR count). The second kappa shape index (κ2) is 9.15. The second-order valence-electron chi connectivity index (χ2n) is 7.44. The summed E-state index contributed by atoms with van der Waals surface area (Å²) in [5.74, 6) is 0.563. The Morgan fingerprint density at radius 1 is 0.828 bits per heavy atom. The van der Waals surface area contributed by atoms with Crippen LogP contribution in [-0.4, -0.2) is 4.98 Å². The molecule has 148 valence electrons. The normalized spacial score (nSPS) is 10.5. The van der Waals surface area contributed by atoms with Gasteiger partial charge in [-0.3, -0.25) is 0 Å². The van der Waals surface area contributed by atoms with Gasteiger partial charge in [0.1, 0.15) is 5.82 Å². The fourth-order valence-corrected chi connectivity index (χ4v) is 3.59. The smallest absolute Gasteiger partial charge is 0.124 e. The third kappa shape index (κ3) is 5.18. The van der Waals surface area contributed by atoms with Crippen molar-refractivity contribution in [1.29, 1.82) is 0 Å². The van der Waals surface area contributed by atoms with Gasteiger partial charge in [-0.05, 0) is 79.3 Å². The lowest BCUT2D eigenvalue weighted by Crippen LogP contribution is -1.90. The summed E-state index contributed by atoms with van der Waals surface area (Å²) >= 11 is 4.36. The topological polar surface area (TPSA) is 38.9 Å². The van der Waals surface area contributed by atoms with Gasteiger partial charge in [-0.1, -0.05) is 55.0 Å². The van der Waals surface area contributed by atoms with Crippen molar-refractivity contribution in [2.75, 3.05) is 5.73 Å². The molecule has 1 heterocycles. The predicted molar refractivity (Wildman–Crippen MR) is 129 cm³/mol. The molecule has 0 aliphatic carbocycles. The quantitative estimate of drug-likeness (QED) is 0.357. The van der Waals surface area contributed by atoms with Gasteiger partial charge in [0.2, 0.25) is 0 Å². The molecule has 0 atom stereocenters. The number of hydrogen-bond donors (Lipinski definition) is 2. The molecule has 1 aromatic heterocycles. The van der Waals surface area contributed by atoms with Crippen LogP contribution in [0.2, 0.25) is 0 Å². The van der Waals surface area contributed by atoms with Crippen molar-refractivity contribution in [3.8, 4) is 11.1 Å². The predicted octanol–water partition coefficient (Wildman–Crippen LogP) is 6.95. The Balaban J connectivity index is 0.000000204. The number of rotatable bonds is 2. The molecule has 0 aliphatic rings. The van der Waals surface area contributed by atoms with Crippen LogP contribution in [0.5, 0.6) is 0 Å². The lowest BCUT2D eigenvalue weighted by molar-refractivity contribution is 1.14. The molecule has 3 aromatic carbocycles. The maximum Gasteiger partial charge on any atom is 0.124 e. The van der Waals surface area contributed by atoms with E-state index >= 15 is 0 Å². The summed E-state index contributed by atoms with van der Waals surface area (Å²) < 4.78 is 0. The van der Waals surface area contributed by atoms with Gasteiger partial charge in [-0.2, -0.15) is 0 Å². The fraction of sp³-hybridized carbons (Fsp3) is 0.192. The van der Waals surface area contributed by atoms with Crippen molar-refractivity contribution in [2.45, 2.75) is 39.0 Å². The van der Waals surface area contributed by atoms with Crippen molar-refractivity contribution in [2.24, 2.45) is 0 Å². The SMILES string of the molecule is CCc1cccc(-c2ccc3nc(N)ccc3c2)c1.Cc1cc(C)c(S)c(C)c1. The van der Waals surface area contributed by atoms with E-state index in [1.54, 1.807) is 0 Å². The maximum absolute atomic E-state index is 5.70. The van der Waals surface area contributed by atoms with Gasteiger partial charge >= 0.3 is 0 Å². The number of nitrogens with two attached hydrogens (primary N) is 1. The molecular formula is C26H28N2S. The number of nitrogen functional groups attached to an aromatic ring is 1. The number of nitrogens with zero attached hydrogens (tertiary/aromatic N) is 1. The van der Waals surface area contributed by atoms with Crippen LogP contribution in [0.4, 0.5) is 5.82 Å². The maximum atomic E-state index is 5.70. The van der Waals surface area contributed by atoms with Gasteiger partial charge in [0, 0.05) is 10.3 Å². The molecule has 2 nitrogen and oxygen atoms in total. The minimum Gasteiger partial charge on any atom is -0.384 e. The zero-order valence-electron chi connectivity index (χ0n) is 17.5. The average Bonchev–Trinajstić information content (AvgIpc) is 2.72. The Hall–Kier alpha value is -2.78. The molecule has 0 saturated heterocycles. The second-order valence-corrected chi connectivity index (χ2v) is 7.89. The van der Waals surface area contributed by atoms with Crippen LogP contribution in [0.3, 0.4) is 0 Å². The molecule has 0 aliphatic heterocycles. The molecule has 29 heavy (non-hydrogen) atoms. The number of pyridine rings is 1. The van der Waals surface area contributed by atoms with E-state index in [1.165, 1.54) is 33.4 Å². The van der Waals surface area contributed by atoms with E-state index in [9.17, 15) is 0 Å². The number of anilines is 1. The first-order valence-electron chi connectivity index (χ1n) is 9.89. The Morgan fingerprint density at radius 2 is 1.52 bits per heavy atom. The summed E-state index contributed by atoms with van der Waals surface area (Å²) in [6.07, 6.45) is 1.06. The van der Waals surface area contributed by atoms with Gasteiger partial charge in [-0.15, -0.1) is 12.6 Å². The van der Waals surface area contributed by atoms with Crippen molar-refractivity contribution >= 4 is 29.3 Å². The molecule has 0 saturated carbocycles. The Labute approximate surface area is 179 Å². The highest BCUT2D eigenvalue weighted by Gasteiger charge is 2.02. The minimum atomic E-state index is 0.563. The van der Waals surface area contributed by atoms with Gasteiger partial charge in [0.05, 0.1) is 5.52 Å². The summed E-state index contributed by atoms with van der Waals surface area (Å²) in [6, 6.07) is 23.1. The lowest BCUT2D eigenvalue weighted by Gasteiger charge is -2.06. The number of hydrogen-bond acceptors (Lipinski definition) is 3. The summed E-state index contributed by atoms with van der Waals surface area (Å²) in [5.41, 5.74) is 14.3. The molecule has 0 bridgehead atoms. The van der Waals surface area contributed by atoms with Crippen molar-refractivity contribution in [3.63, 3.8) is 0 Å². The van der Waals surface area contributed by atoms with E-state index in [4.69, 9.17) is 5.73 Å². The number of aromatic nitrogens is 1. The lowest BCUT2D eigenvalue weighted by atomic mass is 10.0. The van der Waals surface area contributed by atoms with Crippen LogP contribution in [0.25, 0.3) is 22.0 Å². The monoisotopic (exact) mass is 400 g/mol. The van der Waals surface area contributed by atoms with E-state index in [-0.39, 0.29) is 0 Å². The van der Waals surface area contributed by atoms with Crippen molar-refractivity contribution in [3.05, 3.63) is 89.0 Å². The zero-order chi connectivity index (χ0) is 21.0. The first-order valence-corrected chi connectivity index (χ1v) is 10.3. The zero-order valence-corrected chi connectivity index (χ0v) is 18.4. The molecular weight excluding hydrogens is 372 g/mol. The first kappa shape index (κ1) is 20.9. The third-order valence-corrected chi connectivity index (χ3v) is 5.72. The van der Waals surface area contributed by atoms with E-state index in [0.717, 1.165) is 22.2 Å². The molecule has 2 N–H and O–H groups in total. The summed E-state index contributed by atoms with van der Waals surface area (Å²) in [7, 11) is 0. The first-order chi connectivity index (χ1) is 13.9. The van der Waals surface area contributed by atoms with Gasteiger partial charge < -0.3 is 5.73 Å². The van der Waals surface area contributed by atoms with Gasteiger partial charge in [0.25, 0.3) is 0 Å². The van der Waals surface area contributed by atoms with E-state index in [0.29, 0.717) is 5.82 Å². The molecule has 0 spiro atoms. The van der Waals surface area contributed by atoms with Crippen molar-refractivity contribution < 1.29 is 0 Å². The number of benzene rings is 3. The Bertz CT molecular complexity index is 1130. The fourth-order valence-electron chi connectivity index (χ4n) is 3.46. The highest BCUT2D eigenvalue weighted by Crippen LogP contribution is 2.25. The molecule has 0 radical (unpaired) electrons. The van der Waals surface area contributed by atoms with Crippen LogP contribution >= 0.6 is 12.6 Å². The molecule has 0 unspecified atom stereocenters. The number of thiol groups is 1. The standard InChI is InChI=1S/C17H16N2.C9H12S/c1-2-12-4-3-5-13(10-12)14-6-8-16-15(11-14)7-9-17(18)19-16;1-6-4-7(2)9(10)8(3)5-6/h3-11H,2H2,1H3,(H2,18,19);4-5,10H,1-3H3. The van der Waals surface area contributed by atoms with Crippen molar-refractivity contribution in [1.82, 2.24) is 4.98 Å². The summed E-state index contributed by atoms with van der Waals surface area (Å²) in [6.45, 7) is 8.45. The third-order valence-electron chi connectivity index (χ3n) is 5.01. The van der Waals surface area contributed by atoms with Gasteiger partial charge in [0.15, 0.2) is 0 Å². The van der Waals surface area contributed by atoms with E-state index in [2.05, 4.69) is 93.8 Å². The van der Waals surface area contributed by atoms with E-state index in [1.807, 2.05) is 18.2 Å². The minimum absolute atomic E-state index is 0.563. The number of fused-ring (bicyclic) bond motifs is 1. The number of aryl methyl sites for hydroxylation is 4. The van der Waals surface area contributed by atoms with Crippen LogP contribution in [0.15, 0.2) is 71.6 Å². The summed E-state index contributed by atoms with van der Waals surface area (Å²) in [5, 5.41) is 1.12. The van der Waals surface area contributed by atoms with Crippen LogP contribution in [0, 0.1) is 20.8 Å². The summed E-state index contributed by atoms with van der Waals surface area (Å²) in [4.78, 5) is 5.44. The average molecular weight is 401 g/mol. The molecule has 4 aromatic rings. The Kier molecular flexibility index (Phi) is 6.60. The highest BCUT2D eigenvalue weighted by atomic mass is 32.1. The molecule has 0 fully saturated rings. The van der Waals surface area contributed by atoms with Crippen LogP contribution in [0.1, 0.15) is 29.2 Å². The van der Waals surface area contributed by atoms with E-state index < -0.39 is 0 Å².